The lowest BCUT2D eigenvalue weighted by molar-refractivity contribution is -0.122. The fourth-order valence-electron chi connectivity index (χ4n) is 1.76. The Morgan fingerprint density at radius 3 is 2.71 bits per heavy atom. The Balaban J connectivity index is 2.11. The van der Waals surface area contributed by atoms with Gasteiger partial charge in [-0.2, -0.15) is 5.10 Å². The number of hydrogen-bond donors (Lipinski definition) is 1. The summed E-state index contributed by atoms with van der Waals surface area (Å²) < 4.78 is 0. The SMILES string of the molecule is CC(=NNC(=O)C1CC1)c1cc(C)ccc1C. The van der Waals surface area contributed by atoms with E-state index in [1.165, 1.54) is 11.1 Å². The van der Waals surface area contributed by atoms with Gasteiger partial charge in [-0.1, -0.05) is 17.7 Å². The summed E-state index contributed by atoms with van der Waals surface area (Å²) in [5, 5.41) is 4.17. The van der Waals surface area contributed by atoms with E-state index in [1.54, 1.807) is 0 Å². The van der Waals surface area contributed by atoms with E-state index in [9.17, 15) is 4.79 Å². The van der Waals surface area contributed by atoms with Crippen molar-refractivity contribution in [3.63, 3.8) is 0 Å². The van der Waals surface area contributed by atoms with Crippen molar-refractivity contribution >= 4 is 11.6 Å². The number of rotatable bonds is 3. The molecule has 1 amide bonds. The van der Waals surface area contributed by atoms with Gasteiger partial charge in [-0.25, -0.2) is 5.43 Å². The van der Waals surface area contributed by atoms with Crippen LogP contribution in [0.1, 0.15) is 36.5 Å². The average molecular weight is 230 g/mol. The van der Waals surface area contributed by atoms with Crippen LogP contribution in [0.5, 0.6) is 0 Å². The molecule has 1 aliphatic carbocycles. The zero-order valence-electron chi connectivity index (χ0n) is 10.6. The van der Waals surface area contributed by atoms with Crippen molar-refractivity contribution in [3.8, 4) is 0 Å². The predicted octanol–water partition coefficient (Wildman–Crippen LogP) is 2.55. The molecular formula is C14H18N2O. The number of nitrogens with one attached hydrogen (secondary N) is 1. The molecule has 1 aliphatic rings. The summed E-state index contributed by atoms with van der Waals surface area (Å²) in [6, 6.07) is 6.25. The Bertz CT molecular complexity index is 473. The van der Waals surface area contributed by atoms with Crippen LogP contribution < -0.4 is 5.43 Å². The van der Waals surface area contributed by atoms with Crippen molar-refractivity contribution in [3.05, 3.63) is 34.9 Å². The molecule has 1 saturated carbocycles. The number of benzene rings is 1. The normalized spacial score (nSPS) is 15.8. The van der Waals surface area contributed by atoms with E-state index in [4.69, 9.17) is 0 Å². The Morgan fingerprint density at radius 2 is 2.06 bits per heavy atom. The van der Waals surface area contributed by atoms with Crippen LogP contribution in [0.2, 0.25) is 0 Å². The van der Waals surface area contributed by atoms with Gasteiger partial charge in [0.2, 0.25) is 5.91 Å². The molecule has 0 radical (unpaired) electrons. The lowest BCUT2D eigenvalue weighted by Crippen LogP contribution is -2.20. The summed E-state index contributed by atoms with van der Waals surface area (Å²) >= 11 is 0. The monoisotopic (exact) mass is 230 g/mol. The first-order valence-electron chi connectivity index (χ1n) is 5.99. The second kappa shape index (κ2) is 4.70. The van der Waals surface area contributed by atoms with E-state index in [0.717, 1.165) is 24.1 Å². The van der Waals surface area contributed by atoms with Crippen LogP contribution in [0.3, 0.4) is 0 Å². The molecular weight excluding hydrogens is 212 g/mol. The third-order valence-corrected chi connectivity index (χ3v) is 3.06. The van der Waals surface area contributed by atoms with Gasteiger partial charge in [-0.3, -0.25) is 4.79 Å². The summed E-state index contributed by atoms with van der Waals surface area (Å²) in [5.41, 5.74) is 6.98. The average Bonchev–Trinajstić information content (AvgIpc) is 3.12. The van der Waals surface area contributed by atoms with Crippen LogP contribution in [0, 0.1) is 19.8 Å². The molecule has 0 aromatic heterocycles. The molecule has 90 valence electrons. The lowest BCUT2D eigenvalue weighted by Gasteiger charge is -2.07. The van der Waals surface area contributed by atoms with Gasteiger partial charge >= 0.3 is 0 Å². The highest BCUT2D eigenvalue weighted by Gasteiger charge is 2.29. The molecule has 0 spiro atoms. The maximum Gasteiger partial charge on any atom is 0.243 e. The number of hydrogen-bond acceptors (Lipinski definition) is 2. The van der Waals surface area contributed by atoms with Crippen molar-refractivity contribution in [2.45, 2.75) is 33.6 Å². The van der Waals surface area contributed by atoms with Crippen molar-refractivity contribution in [1.29, 1.82) is 0 Å². The summed E-state index contributed by atoms with van der Waals surface area (Å²) in [7, 11) is 0. The minimum absolute atomic E-state index is 0.0506. The van der Waals surface area contributed by atoms with Gasteiger partial charge in [0.25, 0.3) is 0 Å². The number of carbonyl (C=O) groups excluding carboxylic acids is 1. The number of nitrogens with zero attached hydrogens (tertiary/aromatic N) is 1. The first kappa shape index (κ1) is 11.8. The van der Waals surface area contributed by atoms with Gasteiger partial charge in [0.15, 0.2) is 0 Å². The lowest BCUT2D eigenvalue weighted by atomic mass is 10.0. The molecule has 17 heavy (non-hydrogen) atoms. The van der Waals surface area contributed by atoms with Crippen LogP contribution >= 0.6 is 0 Å². The highest BCUT2D eigenvalue weighted by Crippen LogP contribution is 2.28. The highest BCUT2D eigenvalue weighted by atomic mass is 16.2. The molecule has 1 fully saturated rings. The van der Waals surface area contributed by atoms with Crippen LogP contribution in [0.4, 0.5) is 0 Å². The number of hydrazone groups is 1. The third kappa shape index (κ3) is 2.93. The molecule has 0 saturated heterocycles. The van der Waals surface area contributed by atoms with Gasteiger partial charge in [0, 0.05) is 11.5 Å². The summed E-state index contributed by atoms with van der Waals surface area (Å²) in [6.07, 6.45) is 2.01. The fraction of sp³-hybridized carbons (Fsp3) is 0.429. The number of amides is 1. The second-order valence-electron chi connectivity index (χ2n) is 4.77. The molecule has 3 heteroatoms. The van der Waals surface area contributed by atoms with E-state index in [-0.39, 0.29) is 11.8 Å². The Labute approximate surface area is 102 Å². The first-order valence-corrected chi connectivity index (χ1v) is 5.99. The molecule has 3 nitrogen and oxygen atoms in total. The minimum Gasteiger partial charge on any atom is -0.273 e. The summed E-state index contributed by atoms with van der Waals surface area (Å²) in [6.45, 7) is 6.03. The van der Waals surface area contributed by atoms with Gasteiger partial charge in [-0.15, -0.1) is 0 Å². The molecule has 1 aromatic rings. The van der Waals surface area contributed by atoms with Crippen LogP contribution in [0.15, 0.2) is 23.3 Å². The van der Waals surface area contributed by atoms with E-state index >= 15 is 0 Å². The zero-order chi connectivity index (χ0) is 12.4. The molecule has 0 unspecified atom stereocenters. The molecule has 1 N–H and O–H groups in total. The smallest absolute Gasteiger partial charge is 0.243 e. The van der Waals surface area contributed by atoms with E-state index in [1.807, 2.05) is 6.92 Å². The minimum atomic E-state index is 0.0506. The van der Waals surface area contributed by atoms with Gasteiger partial charge in [-0.05, 0) is 45.2 Å². The van der Waals surface area contributed by atoms with Crippen molar-refractivity contribution < 1.29 is 4.79 Å². The molecule has 0 atom stereocenters. The maximum atomic E-state index is 11.5. The molecule has 0 bridgehead atoms. The van der Waals surface area contributed by atoms with E-state index < -0.39 is 0 Å². The Hall–Kier alpha value is -1.64. The standard InChI is InChI=1S/C14H18N2O/c1-9-4-5-10(2)13(8-9)11(3)15-16-14(17)12-6-7-12/h4-5,8,12H,6-7H2,1-3H3,(H,16,17). The highest BCUT2D eigenvalue weighted by molar-refractivity contribution is 6.00. The van der Waals surface area contributed by atoms with Crippen molar-refractivity contribution in [2.75, 3.05) is 0 Å². The second-order valence-corrected chi connectivity index (χ2v) is 4.77. The van der Waals surface area contributed by atoms with Crippen LogP contribution in [-0.4, -0.2) is 11.6 Å². The van der Waals surface area contributed by atoms with E-state index in [0.29, 0.717) is 0 Å². The molecule has 2 rings (SSSR count). The molecule has 0 heterocycles. The maximum absolute atomic E-state index is 11.5. The van der Waals surface area contributed by atoms with Crippen LogP contribution in [0.25, 0.3) is 0 Å². The fourth-order valence-corrected chi connectivity index (χ4v) is 1.76. The summed E-state index contributed by atoms with van der Waals surface area (Å²) in [4.78, 5) is 11.5. The van der Waals surface area contributed by atoms with Crippen LogP contribution in [-0.2, 0) is 4.79 Å². The number of aryl methyl sites for hydroxylation is 2. The van der Waals surface area contributed by atoms with Gasteiger partial charge < -0.3 is 0 Å². The molecule has 1 aromatic carbocycles. The zero-order valence-corrected chi connectivity index (χ0v) is 10.6. The Morgan fingerprint density at radius 1 is 1.35 bits per heavy atom. The number of carbonyl (C=O) groups is 1. The summed E-state index contributed by atoms with van der Waals surface area (Å²) in [5.74, 6) is 0.250. The Kier molecular flexibility index (Phi) is 3.27. The quantitative estimate of drug-likeness (QED) is 0.629. The topological polar surface area (TPSA) is 41.5 Å². The van der Waals surface area contributed by atoms with Gasteiger partial charge in [0.1, 0.15) is 0 Å². The van der Waals surface area contributed by atoms with Gasteiger partial charge in [0.05, 0.1) is 5.71 Å². The van der Waals surface area contributed by atoms with Crippen molar-refractivity contribution in [1.82, 2.24) is 5.43 Å². The predicted molar refractivity (Wildman–Crippen MR) is 69.0 cm³/mol. The van der Waals surface area contributed by atoms with E-state index in [2.05, 4.69) is 42.6 Å². The first-order chi connectivity index (χ1) is 8.08. The largest absolute Gasteiger partial charge is 0.273 e. The molecule has 0 aliphatic heterocycles. The van der Waals surface area contributed by atoms with Crippen molar-refractivity contribution in [2.24, 2.45) is 11.0 Å². The third-order valence-electron chi connectivity index (χ3n) is 3.06.